The third kappa shape index (κ3) is 9.13. The summed E-state index contributed by atoms with van der Waals surface area (Å²) in [7, 11) is 0. The average molecular weight is 230 g/mol. The van der Waals surface area contributed by atoms with Crippen LogP contribution in [0.3, 0.4) is 0 Å². The fourth-order valence-corrected chi connectivity index (χ4v) is 1.79. The SMILES string of the molecule is CCCCCCNCC(O)CN(CC)CC. The molecule has 0 saturated carbocycles. The van der Waals surface area contributed by atoms with Crippen molar-refractivity contribution in [2.24, 2.45) is 0 Å². The number of likely N-dealkylation sites (N-methyl/N-ethyl adjacent to an activating group) is 1. The first-order valence-corrected chi connectivity index (χ1v) is 6.85. The van der Waals surface area contributed by atoms with E-state index >= 15 is 0 Å². The molecule has 0 aliphatic heterocycles. The van der Waals surface area contributed by atoms with Crippen LogP contribution in [0.2, 0.25) is 0 Å². The summed E-state index contributed by atoms with van der Waals surface area (Å²) in [6.45, 7) is 11.1. The molecule has 0 aromatic heterocycles. The molecule has 0 rings (SSSR count). The largest absolute Gasteiger partial charge is 0.390 e. The molecule has 0 saturated heterocycles. The zero-order chi connectivity index (χ0) is 12.2. The van der Waals surface area contributed by atoms with Crippen LogP contribution in [0, 0.1) is 0 Å². The van der Waals surface area contributed by atoms with Crippen LogP contribution in [0.25, 0.3) is 0 Å². The summed E-state index contributed by atoms with van der Waals surface area (Å²) in [6.07, 6.45) is 4.90. The van der Waals surface area contributed by atoms with Crippen molar-refractivity contribution in [2.45, 2.75) is 52.6 Å². The number of nitrogens with one attached hydrogen (secondary N) is 1. The van der Waals surface area contributed by atoms with Gasteiger partial charge in [0.25, 0.3) is 0 Å². The van der Waals surface area contributed by atoms with E-state index in [1.54, 1.807) is 0 Å². The lowest BCUT2D eigenvalue weighted by atomic mass is 10.2. The van der Waals surface area contributed by atoms with Gasteiger partial charge in [-0.05, 0) is 26.1 Å². The first-order valence-electron chi connectivity index (χ1n) is 6.85. The Balaban J connectivity index is 3.32. The van der Waals surface area contributed by atoms with Gasteiger partial charge in [-0.15, -0.1) is 0 Å². The van der Waals surface area contributed by atoms with E-state index in [1.165, 1.54) is 25.7 Å². The van der Waals surface area contributed by atoms with Crippen molar-refractivity contribution in [2.75, 3.05) is 32.7 Å². The maximum absolute atomic E-state index is 9.78. The normalized spacial score (nSPS) is 13.3. The third-order valence-corrected chi connectivity index (χ3v) is 2.95. The van der Waals surface area contributed by atoms with Crippen LogP contribution in [-0.2, 0) is 0 Å². The van der Waals surface area contributed by atoms with E-state index in [9.17, 15) is 5.11 Å². The summed E-state index contributed by atoms with van der Waals surface area (Å²) in [6, 6.07) is 0. The Kier molecular flexibility index (Phi) is 11.3. The Bertz CT molecular complexity index is 138. The highest BCUT2D eigenvalue weighted by molar-refractivity contribution is 4.65. The maximum atomic E-state index is 9.78. The lowest BCUT2D eigenvalue weighted by Gasteiger charge is -2.22. The van der Waals surface area contributed by atoms with Gasteiger partial charge in [-0.2, -0.15) is 0 Å². The first-order chi connectivity index (χ1) is 7.74. The van der Waals surface area contributed by atoms with Gasteiger partial charge in [-0.3, -0.25) is 0 Å². The van der Waals surface area contributed by atoms with Gasteiger partial charge in [0, 0.05) is 13.1 Å². The topological polar surface area (TPSA) is 35.5 Å². The van der Waals surface area contributed by atoms with Gasteiger partial charge < -0.3 is 15.3 Å². The molecule has 0 amide bonds. The van der Waals surface area contributed by atoms with Gasteiger partial charge >= 0.3 is 0 Å². The van der Waals surface area contributed by atoms with Crippen molar-refractivity contribution in [3.63, 3.8) is 0 Å². The van der Waals surface area contributed by atoms with E-state index in [4.69, 9.17) is 0 Å². The van der Waals surface area contributed by atoms with Crippen LogP contribution in [0.5, 0.6) is 0 Å². The van der Waals surface area contributed by atoms with Crippen LogP contribution in [0.4, 0.5) is 0 Å². The van der Waals surface area contributed by atoms with Gasteiger partial charge in [-0.1, -0.05) is 40.0 Å². The van der Waals surface area contributed by atoms with Crippen LogP contribution >= 0.6 is 0 Å². The molecule has 0 radical (unpaired) electrons. The highest BCUT2D eigenvalue weighted by Gasteiger charge is 2.07. The molecule has 16 heavy (non-hydrogen) atoms. The Morgan fingerprint density at radius 1 is 1.06 bits per heavy atom. The van der Waals surface area contributed by atoms with E-state index in [2.05, 4.69) is 31.0 Å². The first kappa shape index (κ1) is 15.9. The summed E-state index contributed by atoms with van der Waals surface area (Å²) in [5.41, 5.74) is 0. The summed E-state index contributed by atoms with van der Waals surface area (Å²) in [4.78, 5) is 2.25. The summed E-state index contributed by atoms with van der Waals surface area (Å²) < 4.78 is 0. The standard InChI is InChI=1S/C13H30N2O/c1-4-7-8-9-10-14-11-13(16)12-15(5-2)6-3/h13-14,16H,4-12H2,1-3H3. The van der Waals surface area contributed by atoms with E-state index in [1.807, 2.05) is 0 Å². The number of nitrogens with zero attached hydrogens (tertiary/aromatic N) is 1. The zero-order valence-electron chi connectivity index (χ0n) is 11.3. The van der Waals surface area contributed by atoms with Crippen molar-refractivity contribution in [3.8, 4) is 0 Å². The molecule has 0 heterocycles. The molecule has 0 fully saturated rings. The predicted octanol–water partition coefficient (Wildman–Crippen LogP) is 1.86. The van der Waals surface area contributed by atoms with Gasteiger partial charge in [0.2, 0.25) is 0 Å². The number of aliphatic hydroxyl groups excluding tert-OH is 1. The van der Waals surface area contributed by atoms with E-state index in [0.717, 1.165) is 32.7 Å². The molecular weight excluding hydrogens is 200 g/mol. The second kappa shape index (κ2) is 11.4. The molecular formula is C13H30N2O. The van der Waals surface area contributed by atoms with E-state index < -0.39 is 0 Å². The Morgan fingerprint density at radius 2 is 1.75 bits per heavy atom. The minimum atomic E-state index is -0.230. The highest BCUT2D eigenvalue weighted by atomic mass is 16.3. The number of aliphatic hydroxyl groups is 1. The second-order valence-corrected chi connectivity index (χ2v) is 4.40. The zero-order valence-corrected chi connectivity index (χ0v) is 11.3. The lowest BCUT2D eigenvalue weighted by molar-refractivity contribution is 0.117. The molecule has 3 nitrogen and oxygen atoms in total. The van der Waals surface area contributed by atoms with Gasteiger partial charge in [-0.25, -0.2) is 0 Å². The predicted molar refractivity (Wildman–Crippen MR) is 70.8 cm³/mol. The second-order valence-electron chi connectivity index (χ2n) is 4.40. The smallest absolute Gasteiger partial charge is 0.0791 e. The van der Waals surface area contributed by atoms with Gasteiger partial charge in [0.05, 0.1) is 6.10 Å². The van der Waals surface area contributed by atoms with Crippen molar-refractivity contribution in [3.05, 3.63) is 0 Å². The fraction of sp³-hybridized carbons (Fsp3) is 1.00. The summed E-state index contributed by atoms with van der Waals surface area (Å²) in [5.74, 6) is 0. The number of hydrogen-bond donors (Lipinski definition) is 2. The summed E-state index contributed by atoms with van der Waals surface area (Å²) in [5, 5.41) is 13.1. The molecule has 2 N–H and O–H groups in total. The Morgan fingerprint density at radius 3 is 2.31 bits per heavy atom. The fourth-order valence-electron chi connectivity index (χ4n) is 1.79. The Labute approximate surface area is 101 Å². The van der Waals surface area contributed by atoms with Crippen LogP contribution < -0.4 is 5.32 Å². The molecule has 0 spiro atoms. The van der Waals surface area contributed by atoms with Crippen molar-refractivity contribution >= 4 is 0 Å². The maximum Gasteiger partial charge on any atom is 0.0791 e. The van der Waals surface area contributed by atoms with Gasteiger partial charge in [0.1, 0.15) is 0 Å². The number of rotatable bonds is 11. The third-order valence-electron chi connectivity index (χ3n) is 2.95. The van der Waals surface area contributed by atoms with E-state index in [-0.39, 0.29) is 6.10 Å². The van der Waals surface area contributed by atoms with Crippen LogP contribution in [0.15, 0.2) is 0 Å². The van der Waals surface area contributed by atoms with Crippen LogP contribution in [0.1, 0.15) is 46.5 Å². The molecule has 0 aromatic rings. The van der Waals surface area contributed by atoms with Crippen molar-refractivity contribution in [1.29, 1.82) is 0 Å². The molecule has 0 aliphatic carbocycles. The van der Waals surface area contributed by atoms with Crippen molar-refractivity contribution < 1.29 is 5.11 Å². The molecule has 0 aliphatic rings. The lowest BCUT2D eigenvalue weighted by Crippen LogP contribution is -2.38. The van der Waals surface area contributed by atoms with Crippen molar-refractivity contribution in [1.82, 2.24) is 10.2 Å². The van der Waals surface area contributed by atoms with Crippen LogP contribution in [-0.4, -0.2) is 48.8 Å². The number of hydrogen-bond acceptors (Lipinski definition) is 3. The molecule has 1 atom stereocenters. The Hall–Kier alpha value is -0.120. The molecule has 3 heteroatoms. The average Bonchev–Trinajstić information content (AvgIpc) is 2.30. The van der Waals surface area contributed by atoms with Gasteiger partial charge in [0.15, 0.2) is 0 Å². The minimum absolute atomic E-state index is 0.230. The number of unbranched alkanes of at least 4 members (excludes halogenated alkanes) is 3. The van der Waals surface area contributed by atoms with E-state index in [0.29, 0.717) is 0 Å². The molecule has 0 bridgehead atoms. The highest BCUT2D eigenvalue weighted by Crippen LogP contribution is 1.97. The molecule has 98 valence electrons. The molecule has 0 aromatic carbocycles. The quantitative estimate of drug-likeness (QED) is 0.532. The minimum Gasteiger partial charge on any atom is -0.390 e. The molecule has 1 unspecified atom stereocenters. The summed E-state index contributed by atoms with van der Waals surface area (Å²) >= 11 is 0. The monoisotopic (exact) mass is 230 g/mol.